The van der Waals surface area contributed by atoms with E-state index >= 15 is 0 Å². The number of carbonyl (C=O) groups is 1. The van der Waals surface area contributed by atoms with E-state index in [0.717, 1.165) is 16.7 Å². The SMILES string of the molecule is COc1cc([C@@H]2c3cc4c(cc3[C@@]3(OC(C)(C)O[C@H]3C)[C@H]3COC(=O)[C@H]23)OCO4)cc(OC)c1OC. The van der Waals surface area contributed by atoms with Crippen molar-refractivity contribution in [1.29, 1.82) is 0 Å². The molecule has 2 fully saturated rings. The van der Waals surface area contributed by atoms with Crippen LogP contribution in [-0.2, 0) is 24.6 Å². The minimum atomic E-state index is -0.909. The second kappa shape index (κ2) is 7.91. The molecule has 1 aliphatic carbocycles. The highest BCUT2D eigenvalue weighted by Crippen LogP contribution is 2.62. The summed E-state index contributed by atoms with van der Waals surface area (Å²) in [4.78, 5) is 13.4. The first-order chi connectivity index (χ1) is 17.2. The molecular formula is C27H30O9. The molecule has 2 aromatic rings. The Bertz CT molecular complexity index is 1210. The van der Waals surface area contributed by atoms with E-state index in [9.17, 15) is 4.79 Å². The van der Waals surface area contributed by atoms with Gasteiger partial charge in [0.1, 0.15) is 5.60 Å². The van der Waals surface area contributed by atoms with Crippen LogP contribution >= 0.6 is 0 Å². The minimum absolute atomic E-state index is 0.132. The van der Waals surface area contributed by atoms with Crippen molar-refractivity contribution in [1.82, 2.24) is 0 Å². The van der Waals surface area contributed by atoms with E-state index in [1.165, 1.54) is 0 Å². The first-order valence-corrected chi connectivity index (χ1v) is 12.0. The fraction of sp³-hybridized carbons (Fsp3) is 0.519. The average Bonchev–Trinajstić information content (AvgIpc) is 3.53. The standard InChI is InChI=1S/C27H30O9/c1-13-27(36-26(2,3)35-13)16-10-19-18(33-12-34-19)9-15(16)22(23-17(27)11-32-25(23)28)14-7-20(29-4)24(31-6)21(8-14)30-5/h7-10,13,17,22-23H,11-12H2,1-6H3/t13-,17-,22+,23-,27+/m0/s1. The molecule has 9 nitrogen and oxygen atoms in total. The molecule has 6 rings (SSSR count). The zero-order valence-electron chi connectivity index (χ0n) is 21.2. The van der Waals surface area contributed by atoms with Gasteiger partial charge < -0.3 is 37.9 Å². The van der Waals surface area contributed by atoms with Gasteiger partial charge in [0.05, 0.1) is 40.0 Å². The molecule has 36 heavy (non-hydrogen) atoms. The maximum atomic E-state index is 13.4. The molecule has 4 aliphatic rings. The summed E-state index contributed by atoms with van der Waals surface area (Å²) in [6, 6.07) is 7.71. The van der Waals surface area contributed by atoms with Gasteiger partial charge in [-0.05, 0) is 61.7 Å². The van der Waals surface area contributed by atoms with Gasteiger partial charge in [-0.25, -0.2) is 0 Å². The van der Waals surface area contributed by atoms with Crippen LogP contribution in [0.15, 0.2) is 24.3 Å². The van der Waals surface area contributed by atoms with Crippen LogP contribution in [-0.4, -0.2) is 52.6 Å². The lowest BCUT2D eigenvalue weighted by Gasteiger charge is -2.47. The van der Waals surface area contributed by atoms with E-state index in [-0.39, 0.29) is 37.3 Å². The molecule has 0 N–H and O–H groups in total. The summed E-state index contributed by atoms with van der Waals surface area (Å²) in [5.41, 5.74) is 1.72. The summed E-state index contributed by atoms with van der Waals surface area (Å²) in [6.45, 7) is 6.13. The van der Waals surface area contributed by atoms with Gasteiger partial charge >= 0.3 is 5.97 Å². The Morgan fingerprint density at radius 2 is 1.58 bits per heavy atom. The normalized spacial score (nSPS) is 31.1. The van der Waals surface area contributed by atoms with Crippen molar-refractivity contribution in [3.8, 4) is 28.7 Å². The number of benzene rings is 2. The lowest BCUT2D eigenvalue weighted by Crippen LogP contribution is -2.52. The van der Waals surface area contributed by atoms with E-state index in [4.69, 9.17) is 37.9 Å². The second-order valence-electron chi connectivity index (χ2n) is 10.0. The summed E-state index contributed by atoms with van der Waals surface area (Å²) in [5, 5.41) is 0. The van der Waals surface area contributed by atoms with Crippen molar-refractivity contribution < 1.29 is 42.7 Å². The smallest absolute Gasteiger partial charge is 0.310 e. The van der Waals surface area contributed by atoms with Gasteiger partial charge in [-0.1, -0.05) is 0 Å². The summed E-state index contributed by atoms with van der Waals surface area (Å²) < 4.78 is 47.1. The topological polar surface area (TPSA) is 90.9 Å². The van der Waals surface area contributed by atoms with E-state index in [2.05, 4.69) is 0 Å². The van der Waals surface area contributed by atoms with Crippen molar-refractivity contribution in [2.24, 2.45) is 11.8 Å². The fourth-order valence-corrected chi connectivity index (χ4v) is 6.59. The Labute approximate surface area is 209 Å². The highest BCUT2D eigenvalue weighted by molar-refractivity contribution is 5.79. The van der Waals surface area contributed by atoms with Crippen molar-refractivity contribution in [3.63, 3.8) is 0 Å². The molecule has 3 aliphatic heterocycles. The first kappa shape index (κ1) is 23.2. The van der Waals surface area contributed by atoms with Crippen LogP contribution in [0.1, 0.15) is 43.4 Å². The van der Waals surface area contributed by atoms with Gasteiger partial charge in [-0.15, -0.1) is 0 Å². The van der Waals surface area contributed by atoms with Gasteiger partial charge in [-0.2, -0.15) is 0 Å². The lowest BCUT2D eigenvalue weighted by atomic mass is 9.59. The Balaban J connectivity index is 1.64. The predicted octanol–water partition coefficient (Wildman–Crippen LogP) is 3.74. The van der Waals surface area contributed by atoms with Crippen molar-refractivity contribution in [3.05, 3.63) is 41.0 Å². The molecule has 0 radical (unpaired) electrons. The fourth-order valence-electron chi connectivity index (χ4n) is 6.59. The van der Waals surface area contributed by atoms with Crippen molar-refractivity contribution in [2.75, 3.05) is 34.7 Å². The average molecular weight is 499 g/mol. The quantitative estimate of drug-likeness (QED) is 0.585. The molecule has 0 unspecified atom stereocenters. The summed E-state index contributed by atoms with van der Waals surface area (Å²) in [7, 11) is 4.71. The minimum Gasteiger partial charge on any atom is -0.493 e. The molecule has 2 aromatic carbocycles. The molecule has 0 saturated carbocycles. The Kier molecular flexibility index (Phi) is 5.11. The number of methoxy groups -OCH3 is 3. The maximum absolute atomic E-state index is 13.4. The summed E-state index contributed by atoms with van der Waals surface area (Å²) >= 11 is 0. The summed E-state index contributed by atoms with van der Waals surface area (Å²) in [5.74, 6) is 0.436. The number of carbonyl (C=O) groups excluding carboxylic acids is 1. The van der Waals surface area contributed by atoms with E-state index in [0.29, 0.717) is 28.7 Å². The number of cyclic esters (lactones) is 1. The number of esters is 1. The molecular weight excluding hydrogens is 468 g/mol. The van der Waals surface area contributed by atoms with Crippen LogP contribution < -0.4 is 23.7 Å². The molecule has 1 spiro atoms. The van der Waals surface area contributed by atoms with Crippen LogP contribution in [0.4, 0.5) is 0 Å². The second-order valence-corrected chi connectivity index (χ2v) is 10.0. The summed E-state index contributed by atoms with van der Waals surface area (Å²) in [6.07, 6.45) is -0.338. The van der Waals surface area contributed by atoms with Crippen LogP contribution in [0.2, 0.25) is 0 Å². The number of hydrogen-bond donors (Lipinski definition) is 0. The van der Waals surface area contributed by atoms with Crippen LogP contribution in [0.5, 0.6) is 28.7 Å². The van der Waals surface area contributed by atoms with E-state index in [1.807, 2.05) is 45.0 Å². The van der Waals surface area contributed by atoms with Gasteiger partial charge in [0.25, 0.3) is 0 Å². The third-order valence-electron chi connectivity index (χ3n) is 7.85. The number of rotatable bonds is 4. The van der Waals surface area contributed by atoms with E-state index in [1.54, 1.807) is 21.3 Å². The molecule has 3 heterocycles. The molecule has 0 bridgehead atoms. The number of ether oxygens (including phenoxy) is 8. The highest BCUT2D eigenvalue weighted by atomic mass is 16.8. The lowest BCUT2D eigenvalue weighted by molar-refractivity contribution is -0.182. The zero-order chi connectivity index (χ0) is 25.4. The first-order valence-electron chi connectivity index (χ1n) is 12.0. The third-order valence-corrected chi connectivity index (χ3v) is 7.85. The van der Waals surface area contributed by atoms with E-state index < -0.39 is 17.3 Å². The van der Waals surface area contributed by atoms with Crippen LogP contribution in [0.25, 0.3) is 0 Å². The molecule has 192 valence electrons. The van der Waals surface area contributed by atoms with Gasteiger partial charge in [0, 0.05) is 11.8 Å². The highest BCUT2D eigenvalue weighted by Gasteiger charge is 2.67. The maximum Gasteiger partial charge on any atom is 0.310 e. The van der Waals surface area contributed by atoms with Gasteiger partial charge in [0.2, 0.25) is 12.5 Å². The van der Waals surface area contributed by atoms with Gasteiger partial charge in [0.15, 0.2) is 28.8 Å². The van der Waals surface area contributed by atoms with Crippen LogP contribution in [0, 0.1) is 11.8 Å². The Morgan fingerprint density at radius 1 is 0.917 bits per heavy atom. The monoisotopic (exact) mass is 498 g/mol. The predicted molar refractivity (Wildman–Crippen MR) is 126 cm³/mol. The largest absolute Gasteiger partial charge is 0.493 e. The number of hydrogen-bond acceptors (Lipinski definition) is 9. The van der Waals surface area contributed by atoms with Gasteiger partial charge in [-0.3, -0.25) is 4.79 Å². The zero-order valence-corrected chi connectivity index (χ0v) is 21.2. The number of fused-ring (bicyclic) bond motifs is 5. The molecule has 0 amide bonds. The molecule has 0 aromatic heterocycles. The van der Waals surface area contributed by atoms with Crippen molar-refractivity contribution in [2.45, 2.75) is 44.2 Å². The molecule has 5 atom stereocenters. The Morgan fingerprint density at radius 3 is 2.17 bits per heavy atom. The van der Waals surface area contributed by atoms with Crippen molar-refractivity contribution >= 4 is 5.97 Å². The van der Waals surface area contributed by atoms with Crippen LogP contribution in [0.3, 0.4) is 0 Å². The third kappa shape index (κ3) is 3.05. The Hall–Kier alpha value is -3.17. The molecule has 9 heteroatoms. The molecule has 2 saturated heterocycles.